The molecule has 0 unspecified atom stereocenters. The van der Waals surface area contributed by atoms with Gasteiger partial charge in [0.15, 0.2) is 11.5 Å². The average molecular weight is 417 g/mol. The van der Waals surface area contributed by atoms with Gasteiger partial charge in [0, 0.05) is 12.1 Å². The van der Waals surface area contributed by atoms with E-state index in [0.717, 1.165) is 5.56 Å². The number of thiophene rings is 1. The van der Waals surface area contributed by atoms with Crippen LogP contribution >= 0.6 is 11.3 Å². The molecule has 29 heavy (non-hydrogen) atoms. The number of aromatic nitrogens is 2. The quantitative estimate of drug-likeness (QED) is 0.591. The van der Waals surface area contributed by atoms with Crippen LogP contribution in [0.25, 0.3) is 10.2 Å². The van der Waals surface area contributed by atoms with E-state index < -0.39 is 5.97 Å². The molecule has 1 aromatic carbocycles. The van der Waals surface area contributed by atoms with Crippen LogP contribution in [0.3, 0.4) is 0 Å². The number of hydrogen-bond acceptors (Lipinski definition) is 8. The van der Waals surface area contributed by atoms with E-state index >= 15 is 0 Å². The number of methoxy groups -OCH3 is 3. The third-order valence-electron chi connectivity index (χ3n) is 4.56. The molecule has 8 nitrogen and oxygen atoms in total. The van der Waals surface area contributed by atoms with Crippen molar-refractivity contribution in [3.05, 3.63) is 50.4 Å². The Labute approximate surface area is 172 Å². The average Bonchev–Trinajstić information content (AvgIpc) is 3.03. The molecule has 0 fully saturated rings. The molecule has 0 bridgehead atoms. The molecule has 0 saturated heterocycles. The number of carbonyl (C=O) groups is 1. The lowest BCUT2D eigenvalue weighted by Crippen LogP contribution is -2.22. The predicted molar refractivity (Wildman–Crippen MR) is 111 cm³/mol. The zero-order valence-corrected chi connectivity index (χ0v) is 17.8. The van der Waals surface area contributed by atoms with Crippen molar-refractivity contribution in [3.63, 3.8) is 0 Å². The van der Waals surface area contributed by atoms with Crippen LogP contribution in [0.4, 0.5) is 0 Å². The van der Waals surface area contributed by atoms with Crippen molar-refractivity contribution in [2.45, 2.75) is 20.0 Å². The maximum Gasteiger partial charge on any atom is 0.348 e. The summed E-state index contributed by atoms with van der Waals surface area (Å²) >= 11 is 1.17. The second-order valence-electron chi connectivity index (χ2n) is 6.57. The molecule has 0 saturated carbocycles. The largest absolute Gasteiger partial charge is 0.493 e. The summed E-state index contributed by atoms with van der Waals surface area (Å²) < 4.78 is 15.6. The van der Waals surface area contributed by atoms with E-state index in [9.17, 15) is 9.59 Å². The van der Waals surface area contributed by atoms with Crippen molar-refractivity contribution in [1.29, 1.82) is 0 Å². The molecule has 2 aromatic heterocycles. The zero-order chi connectivity index (χ0) is 21.1. The highest BCUT2D eigenvalue weighted by Crippen LogP contribution is 2.31. The topological polar surface area (TPSA) is 93.8 Å². The van der Waals surface area contributed by atoms with Gasteiger partial charge >= 0.3 is 5.97 Å². The fourth-order valence-corrected chi connectivity index (χ4v) is 4.35. The first kappa shape index (κ1) is 20.8. The summed E-state index contributed by atoms with van der Waals surface area (Å²) in [6, 6.07) is 5.70. The van der Waals surface area contributed by atoms with Gasteiger partial charge in [-0.05, 0) is 25.6 Å². The lowest BCUT2D eigenvalue weighted by Gasteiger charge is -2.19. The Balaban J connectivity index is 1.87. The summed E-state index contributed by atoms with van der Waals surface area (Å²) in [4.78, 5) is 34.8. The van der Waals surface area contributed by atoms with Gasteiger partial charge in [-0.1, -0.05) is 12.1 Å². The number of esters is 1. The molecular weight excluding hydrogens is 394 g/mol. The van der Waals surface area contributed by atoms with Gasteiger partial charge in [0.1, 0.15) is 15.5 Å². The number of nitrogens with zero attached hydrogens (tertiary/aromatic N) is 2. The van der Waals surface area contributed by atoms with Gasteiger partial charge < -0.3 is 19.2 Å². The molecule has 154 valence electrons. The molecule has 1 N–H and O–H groups in total. The van der Waals surface area contributed by atoms with Gasteiger partial charge in [-0.25, -0.2) is 9.78 Å². The number of aromatic amines is 1. The molecular formula is C20H23N3O5S. The maximum atomic E-state index is 12.6. The minimum Gasteiger partial charge on any atom is -0.493 e. The molecule has 3 aromatic rings. The number of rotatable bonds is 7. The van der Waals surface area contributed by atoms with Gasteiger partial charge in [-0.15, -0.1) is 11.3 Å². The van der Waals surface area contributed by atoms with Crippen LogP contribution in [0.1, 0.15) is 26.6 Å². The first-order valence-electron chi connectivity index (χ1n) is 8.88. The summed E-state index contributed by atoms with van der Waals surface area (Å²) in [5.74, 6) is 1.39. The SMILES string of the molecule is COC(=O)c1sc2nc(CN(C)Cc3cccc(OC)c3OC)[nH]c(=O)c2c1C. The van der Waals surface area contributed by atoms with Gasteiger partial charge in [0.25, 0.3) is 5.56 Å². The molecule has 0 aliphatic heterocycles. The van der Waals surface area contributed by atoms with E-state index in [0.29, 0.717) is 51.1 Å². The Morgan fingerprint density at radius 1 is 1.21 bits per heavy atom. The maximum absolute atomic E-state index is 12.6. The third-order valence-corrected chi connectivity index (χ3v) is 5.73. The number of ether oxygens (including phenoxy) is 3. The number of benzene rings is 1. The van der Waals surface area contributed by atoms with Crippen molar-refractivity contribution in [2.24, 2.45) is 0 Å². The highest BCUT2D eigenvalue weighted by molar-refractivity contribution is 7.20. The lowest BCUT2D eigenvalue weighted by atomic mass is 10.1. The fourth-order valence-electron chi connectivity index (χ4n) is 3.23. The molecule has 0 aliphatic carbocycles. The van der Waals surface area contributed by atoms with Crippen molar-refractivity contribution >= 4 is 27.5 Å². The Morgan fingerprint density at radius 3 is 2.62 bits per heavy atom. The van der Waals surface area contributed by atoms with Crippen molar-refractivity contribution < 1.29 is 19.0 Å². The molecule has 9 heteroatoms. The van der Waals surface area contributed by atoms with Crippen LogP contribution < -0.4 is 15.0 Å². The van der Waals surface area contributed by atoms with Gasteiger partial charge in [0.2, 0.25) is 0 Å². The summed E-state index contributed by atoms with van der Waals surface area (Å²) in [7, 11) is 6.44. The first-order valence-corrected chi connectivity index (χ1v) is 9.70. The van der Waals surface area contributed by atoms with Crippen LogP contribution in [0, 0.1) is 6.92 Å². The number of nitrogens with one attached hydrogen (secondary N) is 1. The molecule has 3 rings (SSSR count). The number of hydrogen-bond donors (Lipinski definition) is 1. The summed E-state index contributed by atoms with van der Waals surface area (Å²) in [6.45, 7) is 2.71. The van der Waals surface area contributed by atoms with Crippen LogP contribution in [-0.4, -0.2) is 49.2 Å². The van der Waals surface area contributed by atoms with Crippen molar-refractivity contribution in [1.82, 2.24) is 14.9 Å². The monoisotopic (exact) mass is 417 g/mol. The Morgan fingerprint density at radius 2 is 1.97 bits per heavy atom. The molecule has 0 amide bonds. The molecule has 0 spiro atoms. The summed E-state index contributed by atoms with van der Waals surface area (Å²) in [5.41, 5.74) is 1.28. The number of fused-ring (bicyclic) bond motifs is 1. The zero-order valence-electron chi connectivity index (χ0n) is 17.0. The van der Waals surface area contributed by atoms with Gasteiger partial charge in [-0.3, -0.25) is 9.69 Å². The lowest BCUT2D eigenvalue weighted by molar-refractivity contribution is 0.0605. The molecule has 0 atom stereocenters. The second-order valence-corrected chi connectivity index (χ2v) is 7.56. The second kappa shape index (κ2) is 8.62. The predicted octanol–water partition coefficient (Wildman–Crippen LogP) is 2.73. The Bertz CT molecular complexity index is 1110. The van der Waals surface area contributed by atoms with Crippen LogP contribution in [0.2, 0.25) is 0 Å². The highest BCUT2D eigenvalue weighted by Gasteiger charge is 2.20. The van der Waals surface area contributed by atoms with Crippen molar-refractivity contribution in [3.8, 4) is 11.5 Å². The molecule has 0 aliphatic rings. The minimum atomic E-state index is -0.464. The third kappa shape index (κ3) is 4.10. The van der Waals surface area contributed by atoms with Crippen molar-refractivity contribution in [2.75, 3.05) is 28.4 Å². The van der Waals surface area contributed by atoms with E-state index in [1.165, 1.54) is 18.4 Å². The van der Waals surface area contributed by atoms with E-state index in [2.05, 4.69) is 9.97 Å². The number of aryl methyl sites for hydroxylation is 1. The van der Waals surface area contributed by atoms with Gasteiger partial charge in [0.05, 0.1) is 33.3 Å². The van der Waals surface area contributed by atoms with E-state index in [1.54, 1.807) is 21.1 Å². The van der Waals surface area contributed by atoms with Gasteiger partial charge in [-0.2, -0.15) is 0 Å². The van der Waals surface area contributed by atoms with E-state index in [4.69, 9.17) is 14.2 Å². The molecule has 0 radical (unpaired) electrons. The van der Waals surface area contributed by atoms with Crippen LogP contribution in [0.15, 0.2) is 23.0 Å². The highest BCUT2D eigenvalue weighted by atomic mass is 32.1. The normalized spacial score (nSPS) is 11.1. The summed E-state index contributed by atoms with van der Waals surface area (Å²) in [6.07, 6.45) is 0. The number of para-hydroxylation sites is 1. The Hall–Kier alpha value is -2.91. The first-order chi connectivity index (χ1) is 13.9. The number of carbonyl (C=O) groups excluding carboxylic acids is 1. The van der Waals surface area contributed by atoms with E-state index in [1.807, 2.05) is 30.1 Å². The van der Waals surface area contributed by atoms with Crippen LogP contribution in [0.5, 0.6) is 11.5 Å². The molecule has 2 heterocycles. The Kier molecular flexibility index (Phi) is 6.19. The smallest absolute Gasteiger partial charge is 0.348 e. The fraction of sp³-hybridized carbons (Fsp3) is 0.350. The summed E-state index contributed by atoms with van der Waals surface area (Å²) in [5, 5.41) is 0.427. The van der Waals surface area contributed by atoms with Crippen LogP contribution in [-0.2, 0) is 17.8 Å². The minimum absolute atomic E-state index is 0.263. The van der Waals surface area contributed by atoms with E-state index in [-0.39, 0.29) is 5.56 Å². The number of H-pyrrole nitrogens is 1. The standard InChI is InChI=1S/C20H23N3O5S/c1-11-15-18(24)21-14(22-19(15)29-17(11)20(25)28-5)10-23(2)9-12-7-6-8-13(26-3)16(12)27-4/h6-8H,9-10H2,1-5H3,(H,21,22,24).